The lowest BCUT2D eigenvalue weighted by Gasteiger charge is -2.10. The van der Waals surface area contributed by atoms with Crippen molar-refractivity contribution in [1.82, 2.24) is 0 Å². The van der Waals surface area contributed by atoms with Gasteiger partial charge in [0.25, 0.3) is 0 Å². The third-order valence-corrected chi connectivity index (χ3v) is 6.40. The minimum atomic E-state index is 0.247. The Hall–Kier alpha value is -0.320. The Morgan fingerprint density at radius 3 is 2.89 bits per heavy atom. The second-order valence-corrected chi connectivity index (χ2v) is 7.46. The Labute approximate surface area is 127 Å². The molecule has 0 spiro atoms. The van der Waals surface area contributed by atoms with Gasteiger partial charge in [-0.15, -0.1) is 11.3 Å². The molecule has 1 aliphatic rings. The minimum Gasteiger partial charge on any atom is -0.493 e. The molecule has 0 fully saturated rings. The fraction of sp³-hybridized carbons (Fsp3) is 0.286. The van der Waals surface area contributed by atoms with Gasteiger partial charge in [-0.2, -0.15) is 0 Å². The van der Waals surface area contributed by atoms with Crippen molar-refractivity contribution in [3.63, 3.8) is 0 Å². The van der Waals surface area contributed by atoms with E-state index in [4.69, 9.17) is 4.74 Å². The quantitative estimate of drug-likeness (QED) is 0.640. The van der Waals surface area contributed by atoms with Gasteiger partial charge in [-0.1, -0.05) is 28.1 Å². The highest BCUT2D eigenvalue weighted by Crippen LogP contribution is 2.42. The molecule has 2 aromatic rings. The third-order valence-electron chi connectivity index (χ3n) is 3.07. The van der Waals surface area contributed by atoms with Crippen LogP contribution in [0.5, 0.6) is 5.75 Å². The lowest BCUT2D eigenvalue weighted by Crippen LogP contribution is -1.91. The SMILES string of the molecule is Cc1cc(Br)c(C(Br)c2ccc3c(c2)CCO3)s1. The van der Waals surface area contributed by atoms with E-state index in [0.29, 0.717) is 0 Å². The molecule has 1 aromatic carbocycles. The molecular weight excluding hydrogens is 376 g/mol. The Morgan fingerprint density at radius 2 is 2.17 bits per heavy atom. The van der Waals surface area contributed by atoms with Crippen LogP contribution in [0.25, 0.3) is 0 Å². The fourth-order valence-electron chi connectivity index (χ4n) is 2.19. The summed E-state index contributed by atoms with van der Waals surface area (Å²) in [5, 5.41) is 0. The van der Waals surface area contributed by atoms with Crippen LogP contribution >= 0.6 is 43.2 Å². The first-order chi connectivity index (χ1) is 8.65. The summed E-state index contributed by atoms with van der Waals surface area (Å²) in [6.45, 7) is 2.95. The van der Waals surface area contributed by atoms with Crippen LogP contribution in [0, 0.1) is 6.92 Å². The average Bonchev–Trinajstić information content (AvgIpc) is 2.93. The first-order valence-electron chi connectivity index (χ1n) is 5.80. The monoisotopic (exact) mass is 386 g/mol. The summed E-state index contributed by atoms with van der Waals surface area (Å²) in [5.74, 6) is 1.04. The van der Waals surface area contributed by atoms with Crippen LogP contribution in [0.15, 0.2) is 28.7 Å². The van der Waals surface area contributed by atoms with E-state index in [1.165, 1.54) is 25.4 Å². The van der Waals surface area contributed by atoms with Crippen molar-refractivity contribution < 1.29 is 4.74 Å². The van der Waals surface area contributed by atoms with E-state index in [2.05, 4.69) is 63.0 Å². The molecule has 3 rings (SSSR count). The summed E-state index contributed by atoms with van der Waals surface area (Å²) in [6, 6.07) is 8.65. The molecule has 4 heteroatoms. The third kappa shape index (κ3) is 2.26. The van der Waals surface area contributed by atoms with E-state index >= 15 is 0 Å². The van der Waals surface area contributed by atoms with E-state index in [1.807, 2.05) is 11.3 Å². The Kier molecular flexibility index (Phi) is 3.52. The van der Waals surface area contributed by atoms with Gasteiger partial charge in [0.2, 0.25) is 0 Å². The second kappa shape index (κ2) is 4.99. The number of alkyl halides is 1. The number of benzene rings is 1. The zero-order valence-electron chi connectivity index (χ0n) is 9.87. The highest BCUT2D eigenvalue weighted by molar-refractivity contribution is 9.11. The molecule has 0 bridgehead atoms. The molecule has 0 saturated carbocycles. The maximum atomic E-state index is 5.54. The molecular formula is C14H12Br2OS. The molecule has 1 aromatic heterocycles. The summed E-state index contributed by atoms with van der Waals surface area (Å²) in [5.41, 5.74) is 2.61. The first-order valence-corrected chi connectivity index (χ1v) is 8.33. The van der Waals surface area contributed by atoms with Crippen molar-refractivity contribution in [2.24, 2.45) is 0 Å². The number of aryl methyl sites for hydroxylation is 1. The zero-order valence-corrected chi connectivity index (χ0v) is 13.9. The van der Waals surface area contributed by atoms with E-state index in [1.54, 1.807) is 0 Å². The lowest BCUT2D eigenvalue weighted by molar-refractivity contribution is 0.357. The predicted octanol–water partition coefficient (Wildman–Crippen LogP) is 5.24. The van der Waals surface area contributed by atoms with Gasteiger partial charge >= 0.3 is 0 Å². The summed E-state index contributed by atoms with van der Waals surface area (Å²) in [6.07, 6.45) is 1.02. The van der Waals surface area contributed by atoms with Crippen LogP contribution in [0.2, 0.25) is 0 Å². The predicted molar refractivity (Wildman–Crippen MR) is 83.2 cm³/mol. The Balaban J connectivity index is 1.97. The van der Waals surface area contributed by atoms with Crippen molar-refractivity contribution in [1.29, 1.82) is 0 Å². The zero-order chi connectivity index (χ0) is 12.7. The van der Waals surface area contributed by atoms with Crippen LogP contribution in [0.1, 0.15) is 25.7 Å². The van der Waals surface area contributed by atoms with Crippen LogP contribution in [0.3, 0.4) is 0 Å². The summed E-state index contributed by atoms with van der Waals surface area (Å²) < 4.78 is 6.73. The average molecular weight is 388 g/mol. The van der Waals surface area contributed by atoms with E-state index in [0.717, 1.165) is 18.8 Å². The lowest BCUT2D eigenvalue weighted by atomic mass is 10.1. The molecule has 1 atom stereocenters. The molecule has 94 valence electrons. The van der Waals surface area contributed by atoms with Gasteiger partial charge < -0.3 is 4.74 Å². The number of hydrogen-bond acceptors (Lipinski definition) is 2. The molecule has 0 saturated heterocycles. The second-order valence-electron chi connectivity index (χ2n) is 4.40. The summed E-state index contributed by atoms with van der Waals surface area (Å²) in [7, 11) is 0. The number of halogens is 2. The number of ether oxygens (including phenoxy) is 1. The fourth-order valence-corrected chi connectivity index (χ4v) is 5.19. The molecule has 2 heterocycles. The van der Waals surface area contributed by atoms with Crippen LogP contribution in [-0.2, 0) is 6.42 Å². The van der Waals surface area contributed by atoms with Gasteiger partial charge in [-0.05, 0) is 46.1 Å². The van der Waals surface area contributed by atoms with Gasteiger partial charge in [0.15, 0.2) is 0 Å². The van der Waals surface area contributed by atoms with Gasteiger partial charge in [0.05, 0.1) is 11.4 Å². The molecule has 0 amide bonds. The van der Waals surface area contributed by atoms with Crippen molar-refractivity contribution in [3.05, 3.63) is 49.6 Å². The van der Waals surface area contributed by atoms with E-state index in [9.17, 15) is 0 Å². The summed E-state index contributed by atoms with van der Waals surface area (Å²) in [4.78, 5) is 2.90. The normalized spacial score (nSPS) is 15.3. The molecule has 0 aliphatic carbocycles. The summed E-state index contributed by atoms with van der Waals surface area (Å²) >= 11 is 9.26. The van der Waals surface area contributed by atoms with E-state index in [-0.39, 0.29) is 4.83 Å². The van der Waals surface area contributed by atoms with Gasteiger partial charge in [0.1, 0.15) is 5.75 Å². The van der Waals surface area contributed by atoms with Crippen LogP contribution in [-0.4, -0.2) is 6.61 Å². The topological polar surface area (TPSA) is 9.23 Å². The molecule has 0 N–H and O–H groups in total. The van der Waals surface area contributed by atoms with Crippen molar-refractivity contribution in [2.45, 2.75) is 18.2 Å². The van der Waals surface area contributed by atoms with Crippen molar-refractivity contribution in [3.8, 4) is 5.75 Å². The van der Waals surface area contributed by atoms with Gasteiger partial charge in [-0.25, -0.2) is 0 Å². The van der Waals surface area contributed by atoms with E-state index < -0.39 is 0 Å². The molecule has 1 aliphatic heterocycles. The number of thiophene rings is 1. The van der Waals surface area contributed by atoms with Crippen LogP contribution < -0.4 is 4.74 Å². The first kappa shape index (κ1) is 12.7. The van der Waals surface area contributed by atoms with Gasteiger partial charge in [0, 0.05) is 20.6 Å². The molecule has 1 nitrogen and oxygen atoms in total. The standard InChI is InChI=1S/C14H12Br2OS/c1-8-6-11(15)14(18-8)13(16)10-2-3-12-9(7-10)4-5-17-12/h2-3,6-7,13H,4-5H2,1H3. The van der Waals surface area contributed by atoms with Crippen molar-refractivity contribution >= 4 is 43.2 Å². The minimum absolute atomic E-state index is 0.247. The smallest absolute Gasteiger partial charge is 0.122 e. The van der Waals surface area contributed by atoms with Crippen LogP contribution in [0.4, 0.5) is 0 Å². The largest absolute Gasteiger partial charge is 0.493 e. The molecule has 0 radical (unpaired) electrons. The Morgan fingerprint density at radius 1 is 1.33 bits per heavy atom. The Bertz CT molecular complexity index is 591. The van der Waals surface area contributed by atoms with Crippen molar-refractivity contribution in [2.75, 3.05) is 6.61 Å². The number of hydrogen-bond donors (Lipinski definition) is 0. The molecule has 1 unspecified atom stereocenters. The molecule has 18 heavy (non-hydrogen) atoms. The highest BCUT2D eigenvalue weighted by atomic mass is 79.9. The highest BCUT2D eigenvalue weighted by Gasteiger charge is 2.19. The number of rotatable bonds is 2. The number of fused-ring (bicyclic) bond motifs is 1. The van der Waals surface area contributed by atoms with Gasteiger partial charge in [-0.3, -0.25) is 0 Å². The maximum absolute atomic E-state index is 5.54. The maximum Gasteiger partial charge on any atom is 0.122 e.